The Balaban J connectivity index is 2.34. The maximum Gasteiger partial charge on any atom is 0.391 e. The van der Waals surface area contributed by atoms with Crippen LogP contribution in [0.5, 0.6) is 0 Å². The fraction of sp³-hybridized carbons (Fsp3) is 1.00. The molecule has 6 heteroatoms. The Bertz CT molecular complexity index is 251. The molecule has 4 N–H and O–H groups in total. The molecule has 114 valence electrons. The van der Waals surface area contributed by atoms with Crippen LogP contribution in [0.3, 0.4) is 0 Å². The van der Waals surface area contributed by atoms with Gasteiger partial charge in [-0.05, 0) is 51.5 Å². The molecule has 0 aromatic heterocycles. The predicted molar refractivity (Wildman–Crippen MR) is 68.7 cm³/mol. The zero-order chi connectivity index (χ0) is 14.4. The largest absolute Gasteiger partial charge is 0.396 e. The van der Waals surface area contributed by atoms with Crippen molar-refractivity contribution in [3.63, 3.8) is 0 Å². The van der Waals surface area contributed by atoms with E-state index in [1.165, 1.54) is 0 Å². The van der Waals surface area contributed by atoms with E-state index >= 15 is 0 Å². The van der Waals surface area contributed by atoms with Gasteiger partial charge in [-0.25, -0.2) is 0 Å². The predicted octanol–water partition coefficient (Wildman–Crippen LogP) is 2.19. The van der Waals surface area contributed by atoms with E-state index < -0.39 is 12.1 Å². The van der Waals surface area contributed by atoms with Crippen molar-refractivity contribution in [3.8, 4) is 0 Å². The van der Waals surface area contributed by atoms with E-state index in [1.807, 2.05) is 0 Å². The average molecular weight is 282 g/mol. The summed E-state index contributed by atoms with van der Waals surface area (Å²) in [7, 11) is 0. The number of rotatable bonds is 7. The second kappa shape index (κ2) is 7.45. The molecular weight excluding hydrogens is 257 g/mol. The maximum atomic E-state index is 12.6. The maximum absolute atomic E-state index is 12.6. The lowest BCUT2D eigenvalue weighted by Gasteiger charge is -2.40. The molecule has 3 nitrogen and oxygen atoms in total. The van der Waals surface area contributed by atoms with Gasteiger partial charge in [0.1, 0.15) is 0 Å². The van der Waals surface area contributed by atoms with Gasteiger partial charge >= 0.3 is 6.18 Å². The number of nitrogens with one attached hydrogen (secondary N) is 1. The number of hydrogen-bond donors (Lipinski definition) is 3. The van der Waals surface area contributed by atoms with Crippen molar-refractivity contribution < 1.29 is 18.3 Å². The Kier molecular flexibility index (Phi) is 6.56. The van der Waals surface area contributed by atoms with Crippen molar-refractivity contribution in [1.82, 2.24) is 5.32 Å². The van der Waals surface area contributed by atoms with Crippen LogP contribution in [-0.4, -0.2) is 36.5 Å². The number of halogens is 3. The molecule has 0 atom stereocenters. The lowest BCUT2D eigenvalue weighted by Crippen LogP contribution is -2.54. The van der Waals surface area contributed by atoms with E-state index in [2.05, 4.69) is 5.32 Å². The number of alkyl halides is 3. The molecule has 0 amide bonds. The summed E-state index contributed by atoms with van der Waals surface area (Å²) in [5.41, 5.74) is 5.43. The van der Waals surface area contributed by atoms with Crippen LogP contribution in [0.15, 0.2) is 0 Å². The lowest BCUT2D eigenvalue weighted by atomic mass is 9.76. The number of nitrogens with two attached hydrogens (primary N) is 1. The summed E-state index contributed by atoms with van der Waals surface area (Å²) in [6.45, 7) is 1.33. The summed E-state index contributed by atoms with van der Waals surface area (Å²) in [6.07, 6.45) is -0.119. The lowest BCUT2D eigenvalue weighted by molar-refractivity contribution is -0.185. The quantitative estimate of drug-likeness (QED) is 0.627. The topological polar surface area (TPSA) is 58.3 Å². The van der Waals surface area contributed by atoms with Gasteiger partial charge in [0.05, 0.1) is 5.92 Å². The van der Waals surface area contributed by atoms with E-state index in [9.17, 15) is 13.2 Å². The molecule has 1 aliphatic rings. The van der Waals surface area contributed by atoms with Gasteiger partial charge in [0.25, 0.3) is 0 Å². The van der Waals surface area contributed by atoms with Crippen LogP contribution in [0.25, 0.3) is 0 Å². The Hall–Kier alpha value is -0.330. The van der Waals surface area contributed by atoms with Gasteiger partial charge in [0, 0.05) is 18.7 Å². The van der Waals surface area contributed by atoms with Crippen LogP contribution in [-0.2, 0) is 0 Å². The summed E-state index contributed by atoms with van der Waals surface area (Å²) in [4.78, 5) is 0. The zero-order valence-electron chi connectivity index (χ0n) is 11.3. The van der Waals surface area contributed by atoms with Gasteiger partial charge in [-0.2, -0.15) is 13.2 Å². The molecule has 1 fully saturated rings. The SMILES string of the molecule is NCC1(NCCCCCO)CCC(C(F)(F)F)CC1. The Labute approximate surface area is 112 Å². The van der Waals surface area contributed by atoms with Crippen molar-refractivity contribution in [2.75, 3.05) is 19.7 Å². The van der Waals surface area contributed by atoms with Crippen molar-refractivity contribution in [2.45, 2.75) is 56.7 Å². The van der Waals surface area contributed by atoms with Crippen LogP contribution in [0.4, 0.5) is 13.2 Å². The minimum atomic E-state index is -4.07. The Morgan fingerprint density at radius 1 is 1.16 bits per heavy atom. The highest BCUT2D eigenvalue weighted by Crippen LogP contribution is 2.40. The van der Waals surface area contributed by atoms with Gasteiger partial charge in [0.2, 0.25) is 0 Å². The first-order valence-corrected chi connectivity index (χ1v) is 7.06. The van der Waals surface area contributed by atoms with Gasteiger partial charge in [-0.3, -0.25) is 0 Å². The minimum Gasteiger partial charge on any atom is -0.396 e. The first-order valence-electron chi connectivity index (χ1n) is 7.06. The molecule has 1 rings (SSSR count). The molecule has 0 heterocycles. The van der Waals surface area contributed by atoms with Crippen LogP contribution < -0.4 is 11.1 Å². The van der Waals surface area contributed by atoms with Crippen molar-refractivity contribution in [1.29, 1.82) is 0 Å². The van der Waals surface area contributed by atoms with Crippen molar-refractivity contribution in [2.24, 2.45) is 11.7 Å². The number of hydrogen-bond acceptors (Lipinski definition) is 3. The third-order valence-corrected chi connectivity index (χ3v) is 4.13. The number of aliphatic hydroxyl groups is 1. The van der Waals surface area contributed by atoms with Crippen LogP contribution in [0.2, 0.25) is 0 Å². The normalized spacial score (nSPS) is 28.6. The minimum absolute atomic E-state index is 0.171. The van der Waals surface area contributed by atoms with E-state index in [0.29, 0.717) is 19.4 Å². The molecule has 0 bridgehead atoms. The molecule has 0 aromatic rings. The summed E-state index contributed by atoms with van der Waals surface area (Å²) >= 11 is 0. The van der Waals surface area contributed by atoms with E-state index in [0.717, 1.165) is 25.8 Å². The zero-order valence-corrected chi connectivity index (χ0v) is 11.3. The first kappa shape index (κ1) is 16.7. The third kappa shape index (κ3) is 5.28. The number of unbranched alkanes of at least 4 members (excludes halogenated alkanes) is 2. The van der Waals surface area contributed by atoms with Crippen molar-refractivity contribution >= 4 is 0 Å². The van der Waals surface area contributed by atoms with E-state index in [-0.39, 0.29) is 25.0 Å². The van der Waals surface area contributed by atoms with Gasteiger partial charge in [-0.15, -0.1) is 0 Å². The molecule has 0 radical (unpaired) electrons. The molecule has 0 unspecified atom stereocenters. The average Bonchev–Trinajstić information content (AvgIpc) is 2.38. The molecule has 0 aliphatic heterocycles. The highest BCUT2D eigenvalue weighted by Gasteiger charge is 2.45. The standard InChI is InChI=1S/C13H25F3N2O/c14-13(15,16)11-4-6-12(10-17,7-5-11)18-8-2-1-3-9-19/h11,18-19H,1-10,17H2. The van der Waals surface area contributed by atoms with Gasteiger partial charge in [-0.1, -0.05) is 0 Å². The molecule has 19 heavy (non-hydrogen) atoms. The Morgan fingerprint density at radius 2 is 1.79 bits per heavy atom. The molecule has 0 spiro atoms. The van der Waals surface area contributed by atoms with Gasteiger partial charge in [0.15, 0.2) is 0 Å². The fourth-order valence-corrected chi connectivity index (χ4v) is 2.72. The first-order chi connectivity index (χ1) is 8.93. The van der Waals surface area contributed by atoms with E-state index in [4.69, 9.17) is 10.8 Å². The monoisotopic (exact) mass is 282 g/mol. The van der Waals surface area contributed by atoms with Gasteiger partial charge < -0.3 is 16.2 Å². The molecule has 1 aliphatic carbocycles. The molecule has 0 aromatic carbocycles. The summed E-state index contributed by atoms with van der Waals surface area (Å²) < 4.78 is 37.8. The molecule has 0 saturated heterocycles. The highest BCUT2D eigenvalue weighted by atomic mass is 19.4. The summed E-state index contributed by atoms with van der Waals surface area (Å²) in [5, 5.41) is 12.0. The highest BCUT2D eigenvalue weighted by molar-refractivity contribution is 4.95. The fourth-order valence-electron chi connectivity index (χ4n) is 2.72. The number of aliphatic hydroxyl groups excluding tert-OH is 1. The van der Waals surface area contributed by atoms with Crippen LogP contribution in [0.1, 0.15) is 44.9 Å². The third-order valence-electron chi connectivity index (χ3n) is 4.13. The van der Waals surface area contributed by atoms with Crippen LogP contribution in [0, 0.1) is 5.92 Å². The Morgan fingerprint density at radius 3 is 2.26 bits per heavy atom. The summed E-state index contributed by atoms with van der Waals surface area (Å²) in [5.74, 6) is -1.16. The second-order valence-electron chi connectivity index (χ2n) is 5.51. The second-order valence-corrected chi connectivity index (χ2v) is 5.51. The molecule has 1 saturated carbocycles. The van der Waals surface area contributed by atoms with Crippen LogP contribution >= 0.6 is 0 Å². The van der Waals surface area contributed by atoms with Crippen molar-refractivity contribution in [3.05, 3.63) is 0 Å². The smallest absolute Gasteiger partial charge is 0.391 e. The molecular formula is C13H25F3N2O. The van der Waals surface area contributed by atoms with E-state index in [1.54, 1.807) is 0 Å². The summed E-state index contributed by atoms with van der Waals surface area (Å²) in [6, 6.07) is 0.